The summed E-state index contributed by atoms with van der Waals surface area (Å²) in [6, 6.07) is 11.2. The molecule has 0 saturated heterocycles. The molecule has 0 unspecified atom stereocenters. The summed E-state index contributed by atoms with van der Waals surface area (Å²) in [7, 11) is 0. The van der Waals surface area contributed by atoms with Crippen molar-refractivity contribution in [3.8, 4) is 0 Å². The molecule has 0 aliphatic heterocycles. The van der Waals surface area contributed by atoms with Crippen LogP contribution in [0.5, 0.6) is 0 Å². The number of amides is 1. The first-order valence-electron chi connectivity index (χ1n) is 6.10. The topological polar surface area (TPSA) is 72.2 Å². The molecule has 0 fully saturated rings. The van der Waals surface area contributed by atoms with Gasteiger partial charge >= 0.3 is 0 Å². The molecule has 102 valence electrons. The number of nitro benzene ring substituents is 1. The van der Waals surface area contributed by atoms with Gasteiger partial charge in [0.05, 0.1) is 4.92 Å². The second kappa shape index (κ2) is 5.52. The van der Waals surface area contributed by atoms with Gasteiger partial charge in [0, 0.05) is 23.4 Å². The van der Waals surface area contributed by atoms with E-state index in [-0.39, 0.29) is 11.6 Å². The van der Waals surface area contributed by atoms with Gasteiger partial charge in [-0.3, -0.25) is 14.9 Å². The van der Waals surface area contributed by atoms with E-state index in [1.54, 1.807) is 6.07 Å². The molecule has 20 heavy (non-hydrogen) atoms. The van der Waals surface area contributed by atoms with E-state index in [1.807, 2.05) is 26.0 Å². The molecule has 2 aromatic rings. The van der Waals surface area contributed by atoms with E-state index in [1.165, 1.54) is 24.3 Å². The molecule has 0 radical (unpaired) electrons. The van der Waals surface area contributed by atoms with Crippen molar-refractivity contribution in [3.63, 3.8) is 0 Å². The largest absolute Gasteiger partial charge is 0.322 e. The number of nitrogens with one attached hydrogen (secondary N) is 1. The number of hydrogen-bond donors (Lipinski definition) is 1. The van der Waals surface area contributed by atoms with Crippen molar-refractivity contribution < 1.29 is 9.72 Å². The van der Waals surface area contributed by atoms with Crippen LogP contribution in [0.1, 0.15) is 21.5 Å². The van der Waals surface area contributed by atoms with E-state index in [0.717, 1.165) is 11.1 Å². The van der Waals surface area contributed by atoms with Crippen molar-refractivity contribution in [2.75, 3.05) is 5.32 Å². The normalized spacial score (nSPS) is 10.1. The molecule has 1 amide bonds. The molecule has 0 atom stereocenters. The summed E-state index contributed by atoms with van der Waals surface area (Å²) in [6.45, 7) is 3.92. The first-order valence-corrected chi connectivity index (χ1v) is 6.10. The molecule has 0 aliphatic carbocycles. The average Bonchev–Trinajstić information content (AvgIpc) is 2.42. The number of benzene rings is 2. The van der Waals surface area contributed by atoms with E-state index >= 15 is 0 Å². The highest BCUT2D eigenvalue weighted by Crippen LogP contribution is 2.17. The fourth-order valence-corrected chi connectivity index (χ4v) is 1.75. The van der Waals surface area contributed by atoms with Crippen LogP contribution < -0.4 is 5.32 Å². The van der Waals surface area contributed by atoms with Crippen LogP contribution in [-0.4, -0.2) is 10.8 Å². The number of non-ortho nitro benzene ring substituents is 1. The molecule has 0 saturated carbocycles. The zero-order valence-electron chi connectivity index (χ0n) is 11.2. The summed E-state index contributed by atoms with van der Waals surface area (Å²) < 4.78 is 0. The molecular weight excluding hydrogens is 256 g/mol. The maximum Gasteiger partial charge on any atom is 0.269 e. The molecule has 0 bridgehead atoms. The second-order valence-electron chi connectivity index (χ2n) is 4.56. The van der Waals surface area contributed by atoms with Gasteiger partial charge in [-0.15, -0.1) is 0 Å². The number of nitrogens with zero attached hydrogens (tertiary/aromatic N) is 1. The Morgan fingerprint density at radius 3 is 2.25 bits per heavy atom. The predicted octanol–water partition coefficient (Wildman–Crippen LogP) is 3.46. The fourth-order valence-electron chi connectivity index (χ4n) is 1.75. The van der Waals surface area contributed by atoms with Gasteiger partial charge in [0.25, 0.3) is 11.6 Å². The average molecular weight is 270 g/mol. The summed E-state index contributed by atoms with van der Waals surface area (Å²) in [6.07, 6.45) is 0. The lowest BCUT2D eigenvalue weighted by Gasteiger charge is -2.07. The Morgan fingerprint density at radius 1 is 1.05 bits per heavy atom. The molecule has 1 N–H and O–H groups in total. The van der Waals surface area contributed by atoms with Gasteiger partial charge in [-0.05, 0) is 49.2 Å². The van der Waals surface area contributed by atoms with Crippen LogP contribution in [0.15, 0.2) is 42.5 Å². The Hall–Kier alpha value is -2.69. The monoisotopic (exact) mass is 270 g/mol. The van der Waals surface area contributed by atoms with Gasteiger partial charge in [0.2, 0.25) is 0 Å². The summed E-state index contributed by atoms with van der Waals surface area (Å²) >= 11 is 0. The lowest BCUT2D eigenvalue weighted by atomic mass is 10.1. The number of rotatable bonds is 3. The van der Waals surface area contributed by atoms with Gasteiger partial charge < -0.3 is 5.32 Å². The highest BCUT2D eigenvalue weighted by Gasteiger charge is 2.09. The Labute approximate surface area is 116 Å². The van der Waals surface area contributed by atoms with Crippen molar-refractivity contribution in [2.45, 2.75) is 13.8 Å². The Bertz CT molecular complexity index is 663. The third-order valence-corrected chi connectivity index (χ3v) is 3.11. The van der Waals surface area contributed by atoms with Crippen LogP contribution in [0.4, 0.5) is 11.4 Å². The number of carbonyl (C=O) groups excluding carboxylic acids is 1. The SMILES string of the molecule is Cc1ccc(C(=O)Nc2ccc([N+](=O)[O-])cc2)cc1C. The first-order chi connectivity index (χ1) is 9.47. The molecule has 0 aliphatic rings. The number of nitro groups is 1. The fraction of sp³-hybridized carbons (Fsp3) is 0.133. The van der Waals surface area contributed by atoms with E-state index in [4.69, 9.17) is 0 Å². The third-order valence-electron chi connectivity index (χ3n) is 3.11. The van der Waals surface area contributed by atoms with Gasteiger partial charge in [-0.1, -0.05) is 6.07 Å². The van der Waals surface area contributed by atoms with Crippen LogP contribution in [0.3, 0.4) is 0 Å². The van der Waals surface area contributed by atoms with Crippen molar-refractivity contribution in [3.05, 3.63) is 69.3 Å². The standard InChI is InChI=1S/C15H14N2O3/c1-10-3-4-12(9-11(10)2)15(18)16-13-5-7-14(8-6-13)17(19)20/h3-9H,1-2H3,(H,16,18). The van der Waals surface area contributed by atoms with Crippen molar-refractivity contribution in [2.24, 2.45) is 0 Å². The number of aryl methyl sites for hydroxylation is 2. The lowest BCUT2D eigenvalue weighted by Crippen LogP contribution is -2.12. The Morgan fingerprint density at radius 2 is 1.70 bits per heavy atom. The quantitative estimate of drug-likeness (QED) is 0.685. The van der Waals surface area contributed by atoms with E-state index in [2.05, 4.69) is 5.32 Å². The number of anilines is 1. The zero-order valence-corrected chi connectivity index (χ0v) is 11.2. The summed E-state index contributed by atoms with van der Waals surface area (Å²) in [5.74, 6) is -0.234. The number of hydrogen-bond acceptors (Lipinski definition) is 3. The molecule has 2 rings (SSSR count). The van der Waals surface area contributed by atoms with Gasteiger partial charge in [-0.25, -0.2) is 0 Å². The summed E-state index contributed by atoms with van der Waals surface area (Å²) in [5, 5.41) is 13.3. The van der Waals surface area contributed by atoms with Crippen molar-refractivity contribution in [1.82, 2.24) is 0 Å². The van der Waals surface area contributed by atoms with Crippen LogP contribution in [-0.2, 0) is 0 Å². The first kappa shape index (κ1) is 13.7. The minimum Gasteiger partial charge on any atom is -0.322 e. The van der Waals surface area contributed by atoms with E-state index < -0.39 is 4.92 Å². The van der Waals surface area contributed by atoms with Crippen LogP contribution in [0, 0.1) is 24.0 Å². The predicted molar refractivity (Wildman–Crippen MR) is 77.0 cm³/mol. The van der Waals surface area contributed by atoms with Gasteiger partial charge in [0.1, 0.15) is 0 Å². The van der Waals surface area contributed by atoms with E-state index in [9.17, 15) is 14.9 Å². The second-order valence-corrected chi connectivity index (χ2v) is 4.56. The highest BCUT2D eigenvalue weighted by molar-refractivity contribution is 6.04. The molecule has 0 heterocycles. The molecule has 0 aromatic heterocycles. The van der Waals surface area contributed by atoms with Crippen molar-refractivity contribution >= 4 is 17.3 Å². The lowest BCUT2D eigenvalue weighted by molar-refractivity contribution is -0.384. The molecule has 5 heteroatoms. The van der Waals surface area contributed by atoms with Crippen LogP contribution in [0.2, 0.25) is 0 Å². The minimum atomic E-state index is -0.477. The smallest absolute Gasteiger partial charge is 0.269 e. The van der Waals surface area contributed by atoms with Crippen LogP contribution >= 0.6 is 0 Å². The van der Waals surface area contributed by atoms with Gasteiger partial charge in [-0.2, -0.15) is 0 Å². The molecule has 5 nitrogen and oxygen atoms in total. The maximum absolute atomic E-state index is 12.1. The zero-order chi connectivity index (χ0) is 14.7. The summed E-state index contributed by atoms with van der Waals surface area (Å²) in [4.78, 5) is 22.1. The molecular formula is C15H14N2O3. The number of carbonyl (C=O) groups is 1. The third kappa shape index (κ3) is 3.00. The van der Waals surface area contributed by atoms with Gasteiger partial charge in [0.15, 0.2) is 0 Å². The van der Waals surface area contributed by atoms with Crippen LogP contribution in [0.25, 0.3) is 0 Å². The molecule has 0 spiro atoms. The maximum atomic E-state index is 12.1. The molecule has 2 aromatic carbocycles. The van der Waals surface area contributed by atoms with E-state index in [0.29, 0.717) is 11.3 Å². The highest BCUT2D eigenvalue weighted by atomic mass is 16.6. The Kier molecular flexibility index (Phi) is 3.79. The summed E-state index contributed by atoms with van der Waals surface area (Å²) in [5.41, 5.74) is 3.25. The Balaban J connectivity index is 2.14. The minimum absolute atomic E-state index is 0.00539. The van der Waals surface area contributed by atoms with Crippen molar-refractivity contribution in [1.29, 1.82) is 0 Å².